The van der Waals surface area contributed by atoms with E-state index in [4.69, 9.17) is 4.74 Å². The van der Waals surface area contributed by atoms with E-state index in [-0.39, 0.29) is 18.0 Å². The van der Waals surface area contributed by atoms with Crippen LogP contribution in [-0.2, 0) is 16.1 Å². The normalized spacial score (nSPS) is 15.3. The molecule has 0 N–H and O–H groups in total. The van der Waals surface area contributed by atoms with Crippen LogP contribution in [-0.4, -0.2) is 68.6 Å². The van der Waals surface area contributed by atoms with E-state index in [1.165, 1.54) is 6.08 Å². The van der Waals surface area contributed by atoms with E-state index in [0.29, 0.717) is 25.3 Å². The monoisotopic (exact) mass is 425 g/mol. The first-order valence-corrected chi connectivity index (χ1v) is 10.6. The number of carbonyl (C=O) groups excluding carboxylic acids is 2. The molecule has 0 unspecified atom stereocenters. The fourth-order valence-corrected chi connectivity index (χ4v) is 3.45. The quantitative estimate of drug-likeness (QED) is 0.687. The van der Waals surface area contributed by atoms with Gasteiger partial charge in [0.1, 0.15) is 11.3 Å². The molecule has 2 heterocycles. The molecule has 0 aliphatic carbocycles. The summed E-state index contributed by atoms with van der Waals surface area (Å²) in [6.45, 7) is 7.36. The fourth-order valence-electron chi connectivity index (χ4n) is 3.45. The Bertz CT molecular complexity index is 909. The van der Waals surface area contributed by atoms with Gasteiger partial charge in [0.25, 0.3) is 0 Å². The van der Waals surface area contributed by atoms with Gasteiger partial charge in [-0.2, -0.15) is 0 Å². The lowest BCUT2D eigenvalue weighted by Gasteiger charge is -2.37. The number of nitrogens with zero attached hydrogens (tertiary/aromatic N) is 5. The largest absolute Gasteiger partial charge is 0.444 e. The third-order valence-corrected chi connectivity index (χ3v) is 5.15. The Morgan fingerprint density at radius 2 is 1.87 bits per heavy atom. The van der Waals surface area contributed by atoms with Crippen molar-refractivity contribution in [1.82, 2.24) is 24.8 Å². The van der Waals surface area contributed by atoms with Gasteiger partial charge in [0.2, 0.25) is 5.91 Å². The van der Waals surface area contributed by atoms with Crippen molar-refractivity contribution in [2.45, 2.75) is 51.8 Å². The van der Waals surface area contributed by atoms with Gasteiger partial charge in [-0.1, -0.05) is 35.5 Å². The topological polar surface area (TPSA) is 80.6 Å². The van der Waals surface area contributed by atoms with Crippen LogP contribution in [0.1, 0.15) is 44.9 Å². The molecule has 0 radical (unpaired) electrons. The predicted molar refractivity (Wildman–Crippen MR) is 118 cm³/mol. The lowest BCUT2D eigenvalue weighted by Crippen LogP contribution is -2.48. The van der Waals surface area contributed by atoms with Crippen LogP contribution in [0.15, 0.2) is 42.6 Å². The minimum Gasteiger partial charge on any atom is -0.444 e. The highest BCUT2D eigenvalue weighted by atomic mass is 16.6. The number of hydrogen-bond acceptors (Lipinski definition) is 5. The summed E-state index contributed by atoms with van der Waals surface area (Å²) in [4.78, 5) is 28.2. The molecule has 1 fully saturated rings. The van der Waals surface area contributed by atoms with Crippen molar-refractivity contribution in [3.63, 3.8) is 0 Å². The van der Waals surface area contributed by atoms with E-state index in [0.717, 1.165) is 18.4 Å². The molecule has 1 aromatic carbocycles. The lowest BCUT2D eigenvalue weighted by molar-refractivity contribution is -0.127. The second-order valence-corrected chi connectivity index (χ2v) is 8.81. The molecule has 8 heteroatoms. The summed E-state index contributed by atoms with van der Waals surface area (Å²) in [5.74, 6) is -0.0895. The molecule has 8 nitrogen and oxygen atoms in total. The van der Waals surface area contributed by atoms with Crippen molar-refractivity contribution >= 4 is 18.1 Å². The van der Waals surface area contributed by atoms with E-state index in [9.17, 15) is 9.59 Å². The van der Waals surface area contributed by atoms with Crippen molar-refractivity contribution < 1.29 is 14.3 Å². The van der Waals surface area contributed by atoms with E-state index >= 15 is 0 Å². The third kappa shape index (κ3) is 6.67. The smallest absolute Gasteiger partial charge is 0.410 e. The third-order valence-electron chi connectivity index (χ3n) is 5.15. The number of likely N-dealkylation sites (tertiary alicyclic amines) is 1. The highest BCUT2D eigenvalue weighted by Gasteiger charge is 2.29. The van der Waals surface area contributed by atoms with Gasteiger partial charge in [-0.05, 0) is 45.3 Å². The summed E-state index contributed by atoms with van der Waals surface area (Å²) in [5.41, 5.74) is 1.27. The Morgan fingerprint density at radius 3 is 2.52 bits per heavy atom. The van der Waals surface area contributed by atoms with E-state index < -0.39 is 5.60 Å². The SMILES string of the molecule is CN(C(=O)C=Cc1cn(Cc2ccccc2)nn1)C1CCN(C(=O)OC(C)(C)C)CC1. The van der Waals surface area contributed by atoms with Gasteiger partial charge in [-0.3, -0.25) is 4.79 Å². The molecule has 3 rings (SSSR count). The zero-order valence-corrected chi connectivity index (χ0v) is 18.7. The molecular weight excluding hydrogens is 394 g/mol. The Hall–Kier alpha value is -3.16. The van der Waals surface area contributed by atoms with Crippen LogP contribution in [0.4, 0.5) is 4.79 Å². The number of likely N-dealkylation sites (N-methyl/N-ethyl adjacent to an activating group) is 1. The van der Waals surface area contributed by atoms with Crippen LogP contribution in [0.5, 0.6) is 0 Å². The van der Waals surface area contributed by atoms with Crippen LogP contribution in [0, 0.1) is 0 Å². The number of amides is 2. The zero-order valence-electron chi connectivity index (χ0n) is 18.7. The molecule has 2 amide bonds. The van der Waals surface area contributed by atoms with Gasteiger partial charge in [-0.15, -0.1) is 5.10 Å². The average Bonchev–Trinajstić information content (AvgIpc) is 3.18. The maximum atomic E-state index is 12.6. The summed E-state index contributed by atoms with van der Waals surface area (Å²) in [7, 11) is 1.80. The number of rotatable bonds is 5. The number of piperidine rings is 1. The Kier molecular flexibility index (Phi) is 7.09. The summed E-state index contributed by atoms with van der Waals surface area (Å²) >= 11 is 0. The second-order valence-electron chi connectivity index (χ2n) is 8.81. The molecule has 1 saturated heterocycles. The number of aromatic nitrogens is 3. The number of ether oxygens (including phenoxy) is 1. The van der Waals surface area contributed by atoms with E-state index in [2.05, 4.69) is 10.3 Å². The van der Waals surface area contributed by atoms with Crippen LogP contribution in [0.2, 0.25) is 0 Å². The summed E-state index contributed by atoms with van der Waals surface area (Å²) in [5, 5.41) is 8.23. The van der Waals surface area contributed by atoms with E-state index in [1.807, 2.05) is 57.3 Å². The van der Waals surface area contributed by atoms with Gasteiger partial charge in [-0.25, -0.2) is 9.48 Å². The molecule has 0 bridgehead atoms. The molecule has 0 atom stereocenters. The van der Waals surface area contributed by atoms with Crippen molar-refractivity contribution in [1.29, 1.82) is 0 Å². The van der Waals surface area contributed by atoms with Crippen LogP contribution >= 0.6 is 0 Å². The Labute approximate surface area is 183 Å². The molecule has 1 aromatic heterocycles. The van der Waals surface area contributed by atoms with Gasteiger partial charge in [0.15, 0.2) is 0 Å². The Balaban J connectivity index is 1.49. The zero-order chi connectivity index (χ0) is 22.4. The Morgan fingerprint density at radius 1 is 1.19 bits per heavy atom. The standard InChI is InChI=1S/C23H31N5O3/c1-23(2,3)31-22(30)27-14-12-20(13-15-27)26(4)21(29)11-10-19-17-28(25-24-19)16-18-8-6-5-7-9-18/h5-11,17,20H,12-16H2,1-4H3. The first kappa shape index (κ1) is 22.5. The average molecular weight is 426 g/mol. The highest BCUT2D eigenvalue weighted by Crippen LogP contribution is 2.19. The molecule has 31 heavy (non-hydrogen) atoms. The van der Waals surface area contributed by atoms with Crippen LogP contribution in [0.25, 0.3) is 6.08 Å². The van der Waals surface area contributed by atoms with Crippen LogP contribution < -0.4 is 0 Å². The van der Waals surface area contributed by atoms with Gasteiger partial charge >= 0.3 is 6.09 Å². The minimum absolute atomic E-state index is 0.0876. The summed E-state index contributed by atoms with van der Waals surface area (Å²) in [6.07, 6.45) is 6.18. The van der Waals surface area contributed by atoms with Gasteiger partial charge < -0.3 is 14.5 Å². The molecule has 0 saturated carbocycles. The summed E-state index contributed by atoms with van der Waals surface area (Å²) < 4.78 is 7.17. The maximum Gasteiger partial charge on any atom is 0.410 e. The predicted octanol–water partition coefficient (Wildman–Crippen LogP) is 3.20. The summed E-state index contributed by atoms with van der Waals surface area (Å²) in [6, 6.07) is 10.1. The van der Waals surface area contributed by atoms with Crippen molar-refractivity contribution in [2.24, 2.45) is 0 Å². The minimum atomic E-state index is -0.506. The number of hydrogen-bond donors (Lipinski definition) is 0. The maximum absolute atomic E-state index is 12.6. The van der Waals surface area contributed by atoms with Crippen LogP contribution in [0.3, 0.4) is 0 Å². The van der Waals surface area contributed by atoms with Gasteiger partial charge in [0.05, 0.1) is 12.7 Å². The molecule has 1 aliphatic rings. The molecule has 1 aliphatic heterocycles. The number of benzene rings is 1. The molecule has 2 aromatic rings. The molecule has 166 valence electrons. The fraction of sp³-hybridized carbons (Fsp3) is 0.478. The second kappa shape index (κ2) is 9.76. The van der Waals surface area contributed by atoms with Gasteiger partial charge in [0, 0.05) is 32.3 Å². The first-order valence-electron chi connectivity index (χ1n) is 10.6. The first-order chi connectivity index (χ1) is 14.7. The molecular formula is C23H31N5O3. The van der Waals surface area contributed by atoms with Crippen molar-refractivity contribution in [3.05, 3.63) is 53.9 Å². The van der Waals surface area contributed by atoms with E-state index in [1.54, 1.807) is 27.6 Å². The van der Waals surface area contributed by atoms with Crippen molar-refractivity contribution in [3.8, 4) is 0 Å². The highest BCUT2D eigenvalue weighted by molar-refractivity contribution is 5.91. The number of carbonyl (C=O) groups is 2. The lowest BCUT2D eigenvalue weighted by atomic mass is 10.0. The van der Waals surface area contributed by atoms with Crippen molar-refractivity contribution in [2.75, 3.05) is 20.1 Å². The molecule has 0 spiro atoms.